The number of benzene rings is 1. The van der Waals surface area contributed by atoms with Crippen LogP contribution in [-0.2, 0) is 14.6 Å². The third-order valence-electron chi connectivity index (χ3n) is 2.33. The summed E-state index contributed by atoms with van der Waals surface area (Å²) in [6, 6.07) is 6.41. The van der Waals surface area contributed by atoms with Crippen LogP contribution in [0.4, 0.5) is 5.69 Å². The molecule has 0 aliphatic carbocycles. The van der Waals surface area contributed by atoms with E-state index in [0.29, 0.717) is 11.3 Å². The highest BCUT2D eigenvalue weighted by molar-refractivity contribution is 7.99. The van der Waals surface area contributed by atoms with E-state index < -0.39 is 20.7 Å². The van der Waals surface area contributed by atoms with Crippen molar-refractivity contribution in [1.82, 2.24) is 0 Å². The quantitative estimate of drug-likeness (QED) is 0.764. The first-order valence-electron chi connectivity index (χ1n) is 4.68. The first-order chi connectivity index (χ1) is 7.92. The van der Waals surface area contributed by atoms with Crippen LogP contribution in [0.25, 0.3) is 5.57 Å². The van der Waals surface area contributed by atoms with Crippen LogP contribution in [0, 0.1) is 0 Å². The number of carboxylic acid groups (broad SMARTS) is 1. The molecular formula is C11H9NO4S. The van der Waals surface area contributed by atoms with Crippen molar-refractivity contribution in [1.29, 1.82) is 0 Å². The van der Waals surface area contributed by atoms with Gasteiger partial charge in [-0.25, -0.2) is 13.2 Å². The van der Waals surface area contributed by atoms with Crippen molar-refractivity contribution in [2.45, 2.75) is 0 Å². The molecule has 2 rings (SSSR count). The standard InChI is InChI=1S/C11H9NO4S/c12-8-3-1-2-7(6-8)9-4-5-17(15,16)10(9)11(13)14/h1-6H,12H2,(H,13,14). The van der Waals surface area contributed by atoms with Crippen LogP contribution in [0.5, 0.6) is 0 Å². The van der Waals surface area contributed by atoms with E-state index in [4.69, 9.17) is 10.8 Å². The molecular weight excluding hydrogens is 242 g/mol. The molecule has 0 atom stereocenters. The first kappa shape index (κ1) is 11.4. The number of carboxylic acids is 1. The molecule has 0 radical (unpaired) electrons. The number of nitrogen functional groups attached to an aromatic ring is 1. The third kappa shape index (κ3) is 1.94. The molecule has 88 valence electrons. The lowest BCUT2D eigenvalue weighted by Gasteiger charge is -2.03. The molecule has 0 fully saturated rings. The molecule has 0 saturated carbocycles. The Labute approximate surface area is 97.8 Å². The van der Waals surface area contributed by atoms with E-state index in [1.165, 1.54) is 12.1 Å². The van der Waals surface area contributed by atoms with Crippen LogP contribution in [0.3, 0.4) is 0 Å². The Balaban J connectivity index is 2.69. The zero-order valence-electron chi connectivity index (χ0n) is 8.62. The number of hydrogen-bond donors (Lipinski definition) is 2. The fourth-order valence-electron chi connectivity index (χ4n) is 1.63. The minimum Gasteiger partial charge on any atom is -0.477 e. The average Bonchev–Trinajstić information content (AvgIpc) is 2.54. The van der Waals surface area contributed by atoms with Crippen LogP contribution in [0.2, 0.25) is 0 Å². The Morgan fingerprint density at radius 2 is 2.00 bits per heavy atom. The van der Waals surface area contributed by atoms with Gasteiger partial charge in [-0.3, -0.25) is 0 Å². The molecule has 1 aromatic rings. The molecule has 0 saturated heterocycles. The number of anilines is 1. The van der Waals surface area contributed by atoms with Crippen LogP contribution < -0.4 is 5.73 Å². The van der Waals surface area contributed by atoms with Crippen LogP contribution in [-0.4, -0.2) is 19.5 Å². The summed E-state index contributed by atoms with van der Waals surface area (Å²) in [5.41, 5.74) is 6.64. The molecule has 0 bridgehead atoms. The second-order valence-corrected chi connectivity index (χ2v) is 5.29. The van der Waals surface area contributed by atoms with Gasteiger partial charge in [-0.15, -0.1) is 0 Å². The fraction of sp³-hybridized carbons (Fsp3) is 0. The molecule has 1 aromatic carbocycles. The predicted octanol–water partition coefficient (Wildman–Crippen LogP) is 1.01. The second kappa shape index (κ2) is 3.74. The number of allylic oxidation sites excluding steroid dienone is 2. The summed E-state index contributed by atoms with van der Waals surface area (Å²) < 4.78 is 23.0. The number of nitrogens with two attached hydrogens (primary N) is 1. The summed E-state index contributed by atoms with van der Waals surface area (Å²) in [7, 11) is -3.84. The van der Waals surface area contributed by atoms with Gasteiger partial charge in [0.15, 0.2) is 4.91 Å². The van der Waals surface area contributed by atoms with Crippen molar-refractivity contribution in [3.05, 3.63) is 46.2 Å². The highest BCUT2D eigenvalue weighted by atomic mass is 32.2. The van der Waals surface area contributed by atoms with Gasteiger partial charge in [0, 0.05) is 16.7 Å². The Morgan fingerprint density at radius 3 is 2.59 bits per heavy atom. The topological polar surface area (TPSA) is 97.5 Å². The third-order valence-corrected chi connectivity index (χ3v) is 3.79. The van der Waals surface area contributed by atoms with Gasteiger partial charge in [-0.05, 0) is 23.8 Å². The Bertz CT molecular complexity index is 656. The molecule has 0 amide bonds. The SMILES string of the molecule is Nc1cccc(C2=C(C(=O)O)S(=O)(=O)C=C2)c1. The van der Waals surface area contributed by atoms with Crippen molar-refractivity contribution >= 4 is 27.1 Å². The van der Waals surface area contributed by atoms with Gasteiger partial charge in [0.25, 0.3) is 0 Å². The molecule has 17 heavy (non-hydrogen) atoms. The van der Waals surface area contributed by atoms with Gasteiger partial charge in [0.2, 0.25) is 9.84 Å². The normalized spacial score (nSPS) is 17.4. The molecule has 0 spiro atoms. The monoisotopic (exact) mass is 251 g/mol. The smallest absolute Gasteiger partial charge is 0.348 e. The zero-order valence-corrected chi connectivity index (χ0v) is 9.44. The van der Waals surface area contributed by atoms with Gasteiger partial charge in [-0.1, -0.05) is 12.1 Å². The highest BCUT2D eigenvalue weighted by Gasteiger charge is 2.30. The zero-order chi connectivity index (χ0) is 12.6. The Hall–Kier alpha value is -2.08. The van der Waals surface area contributed by atoms with E-state index >= 15 is 0 Å². The van der Waals surface area contributed by atoms with Gasteiger partial charge in [-0.2, -0.15) is 0 Å². The van der Waals surface area contributed by atoms with Crippen molar-refractivity contribution in [3.8, 4) is 0 Å². The minimum absolute atomic E-state index is 0.157. The van der Waals surface area contributed by atoms with E-state index in [0.717, 1.165) is 5.41 Å². The van der Waals surface area contributed by atoms with Crippen molar-refractivity contribution in [2.24, 2.45) is 0 Å². The van der Waals surface area contributed by atoms with E-state index in [-0.39, 0.29) is 5.57 Å². The van der Waals surface area contributed by atoms with Crippen LogP contribution in [0.15, 0.2) is 40.7 Å². The summed E-state index contributed by atoms with van der Waals surface area (Å²) in [4.78, 5) is 10.4. The van der Waals surface area contributed by atoms with Gasteiger partial charge in [0.05, 0.1) is 0 Å². The highest BCUT2D eigenvalue weighted by Crippen LogP contribution is 2.31. The lowest BCUT2D eigenvalue weighted by Crippen LogP contribution is -2.09. The summed E-state index contributed by atoms with van der Waals surface area (Å²) in [5.74, 6) is -1.47. The lowest BCUT2D eigenvalue weighted by atomic mass is 10.1. The molecule has 1 heterocycles. The molecule has 0 unspecified atom stereocenters. The maximum Gasteiger partial charge on any atom is 0.348 e. The lowest BCUT2D eigenvalue weighted by molar-refractivity contribution is -0.131. The summed E-state index contributed by atoms with van der Waals surface area (Å²) >= 11 is 0. The minimum atomic E-state index is -3.84. The first-order valence-corrected chi connectivity index (χ1v) is 6.23. The van der Waals surface area contributed by atoms with Crippen LogP contribution >= 0.6 is 0 Å². The van der Waals surface area contributed by atoms with Gasteiger partial charge >= 0.3 is 5.97 Å². The van der Waals surface area contributed by atoms with E-state index in [1.807, 2.05) is 0 Å². The molecule has 1 aliphatic rings. The van der Waals surface area contributed by atoms with E-state index in [1.54, 1.807) is 18.2 Å². The molecule has 0 aromatic heterocycles. The molecule has 5 nitrogen and oxygen atoms in total. The Morgan fingerprint density at radius 1 is 1.29 bits per heavy atom. The maximum atomic E-state index is 11.5. The fourth-order valence-corrected chi connectivity index (χ4v) is 2.81. The second-order valence-electron chi connectivity index (χ2n) is 3.52. The van der Waals surface area contributed by atoms with E-state index in [2.05, 4.69) is 0 Å². The van der Waals surface area contributed by atoms with Crippen LogP contribution in [0.1, 0.15) is 5.56 Å². The Kier molecular flexibility index (Phi) is 2.51. The van der Waals surface area contributed by atoms with Gasteiger partial charge < -0.3 is 10.8 Å². The van der Waals surface area contributed by atoms with Crippen molar-refractivity contribution < 1.29 is 18.3 Å². The van der Waals surface area contributed by atoms with Crippen molar-refractivity contribution in [3.63, 3.8) is 0 Å². The number of aliphatic carboxylic acids is 1. The van der Waals surface area contributed by atoms with E-state index in [9.17, 15) is 13.2 Å². The van der Waals surface area contributed by atoms with Crippen molar-refractivity contribution in [2.75, 3.05) is 5.73 Å². The average molecular weight is 251 g/mol. The van der Waals surface area contributed by atoms with Gasteiger partial charge in [0.1, 0.15) is 0 Å². The molecule has 6 heteroatoms. The summed E-state index contributed by atoms with van der Waals surface area (Å²) in [6.45, 7) is 0. The summed E-state index contributed by atoms with van der Waals surface area (Å²) in [5, 5.41) is 9.83. The predicted molar refractivity (Wildman–Crippen MR) is 63.5 cm³/mol. The number of hydrogen-bond acceptors (Lipinski definition) is 4. The summed E-state index contributed by atoms with van der Waals surface area (Å²) in [6.07, 6.45) is 1.27. The number of carbonyl (C=O) groups is 1. The maximum absolute atomic E-state index is 11.5. The number of rotatable bonds is 2. The largest absolute Gasteiger partial charge is 0.477 e. The molecule has 3 N–H and O–H groups in total. The molecule has 1 aliphatic heterocycles. The number of sulfone groups is 1.